The van der Waals surface area contributed by atoms with Gasteiger partial charge in [0.2, 0.25) is 23.6 Å². The van der Waals surface area contributed by atoms with Crippen molar-refractivity contribution >= 4 is 40.5 Å². The maximum absolute atomic E-state index is 13.4. The zero-order valence-electron chi connectivity index (χ0n) is 22.1. The average Bonchev–Trinajstić information content (AvgIpc) is 3.27. The average molecular weight is 531 g/mol. The summed E-state index contributed by atoms with van der Waals surface area (Å²) in [5.74, 6) is -4.93. The van der Waals surface area contributed by atoms with E-state index in [4.69, 9.17) is 11.5 Å². The van der Waals surface area contributed by atoms with E-state index < -0.39 is 66.1 Å². The Morgan fingerprint density at radius 2 is 1.55 bits per heavy atom. The second-order valence-electron chi connectivity index (χ2n) is 9.84. The highest BCUT2D eigenvalue weighted by molar-refractivity contribution is 5.96. The number of nitrogens with two attached hydrogens (primary N) is 2. The van der Waals surface area contributed by atoms with Crippen molar-refractivity contribution in [2.75, 3.05) is 0 Å². The van der Waals surface area contributed by atoms with E-state index in [2.05, 4.69) is 20.9 Å². The molecule has 4 amide bonds. The van der Waals surface area contributed by atoms with Gasteiger partial charge in [-0.25, -0.2) is 4.79 Å². The quantitative estimate of drug-likeness (QED) is 0.180. The summed E-state index contributed by atoms with van der Waals surface area (Å²) in [7, 11) is 0. The van der Waals surface area contributed by atoms with E-state index in [1.165, 1.54) is 0 Å². The lowest BCUT2D eigenvalue weighted by Crippen LogP contribution is -2.59. The first kappa shape index (κ1) is 30.3. The fraction of sp³-hybridized carbons (Fsp3) is 0.500. The minimum absolute atomic E-state index is 0.0590. The Kier molecular flexibility index (Phi) is 10.8. The van der Waals surface area contributed by atoms with Gasteiger partial charge in [0, 0.05) is 23.5 Å². The number of nitrogens with one attached hydrogen (secondary N) is 4. The van der Waals surface area contributed by atoms with E-state index in [0.717, 1.165) is 16.5 Å². The molecule has 1 aromatic carbocycles. The number of H-pyrrole nitrogens is 1. The molecule has 5 unspecified atom stereocenters. The number of benzene rings is 1. The molecule has 12 heteroatoms. The summed E-state index contributed by atoms with van der Waals surface area (Å²) in [4.78, 5) is 65.6. The van der Waals surface area contributed by atoms with Crippen LogP contribution in [-0.2, 0) is 30.4 Å². The Labute approximate surface area is 221 Å². The summed E-state index contributed by atoms with van der Waals surface area (Å²) < 4.78 is 0. The lowest BCUT2D eigenvalue weighted by atomic mass is 9.98. The predicted molar refractivity (Wildman–Crippen MR) is 142 cm³/mol. The number of rotatable bonds is 14. The van der Waals surface area contributed by atoms with Crippen LogP contribution in [0.4, 0.5) is 0 Å². The first-order valence-electron chi connectivity index (χ1n) is 12.6. The van der Waals surface area contributed by atoms with E-state index in [9.17, 15) is 29.1 Å². The van der Waals surface area contributed by atoms with Crippen LogP contribution >= 0.6 is 0 Å². The zero-order valence-corrected chi connectivity index (χ0v) is 22.1. The number of hydrogen-bond donors (Lipinski definition) is 7. The fourth-order valence-electron chi connectivity index (χ4n) is 3.96. The number of primary amides is 1. The highest BCUT2D eigenvalue weighted by atomic mass is 16.4. The molecule has 1 heterocycles. The molecule has 208 valence electrons. The number of para-hydroxylation sites is 1. The van der Waals surface area contributed by atoms with Gasteiger partial charge >= 0.3 is 5.97 Å². The molecular weight excluding hydrogens is 492 g/mol. The van der Waals surface area contributed by atoms with Crippen molar-refractivity contribution < 1.29 is 29.1 Å². The van der Waals surface area contributed by atoms with Crippen molar-refractivity contribution in [3.63, 3.8) is 0 Å². The summed E-state index contributed by atoms with van der Waals surface area (Å²) >= 11 is 0. The third kappa shape index (κ3) is 8.04. The normalized spacial score (nSPS) is 15.2. The van der Waals surface area contributed by atoms with Gasteiger partial charge in [0.15, 0.2) is 0 Å². The topological polar surface area (TPSA) is 209 Å². The molecule has 0 bridgehead atoms. The number of aromatic amines is 1. The maximum atomic E-state index is 13.4. The first-order valence-corrected chi connectivity index (χ1v) is 12.6. The number of fused-ring (bicyclic) bond motifs is 1. The number of carbonyl (C=O) groups excluding carboxylic acids is 4. The minimum Gasteiger partial charge on any atom is -0.480 e. The van der Waals surface area contributed by atoms with Crippen LogP contribution < -0.4 is 27.4 Å². The Hall–Kier alpha value is -3.93. The van der Waals surface area contributed by atoms with E-state index in [0.29, 0.717) is 6.42 Å². The molecule has 2 rings (SSSR count). The van der Waals surface area contributed by atoms with Crippen LogP contribution in [0.25, 0.3) is 10.9 Å². The largest absolute Gasteiger partial charge is 0.480 e. The van der Waals surface area contributed by atoms with Gasteiger partial charge in [0.1, 0.15) is 18.1 Å². The summed E-state index contributed by atoms with van der Waals surface area (Å²) in [6.45, 7) is 6.92. The van der Waals surface area contributed by atoms with Crippen LogP contribution in [0, 0.1) is 11.8 Å². The Morgan fingerprint density at radius 3 is 2.13 bits per heavy atom. The van der Waals surface area contributed by atoms with E-state index in [1.54, 1.807) is 20.0 Å². The third-order valence-corrected chi connectivity index (χ3v) is 6.56. The van der Waals surface area contributed by atoms with Gasteiger partial charge in [-0.1, -0.05) is 52.3 Å². The first-order chi connectivity index (χ1) is 17.8. The number of aromatic nitrogens is 1. The van der Waals surface area contributed by atoms with E-state index >= 15 is 0 Å². The van der Waals surface area contributed by atoms with Crippen LogP contribution in [0.1, 0.15) is 46.1 Å². The van der Waals surface area contributed by atoms with Crippen molar-refractivity contribution in [1.29, 1.82) is 0 Å². The van der Waals surface area contributed by atoms with Gasteiger partial charge in [-0.2, -0.15) is 0 Å². The summed E-state index contributed by atoms with van der Waals surface area (Å²) in [5.41, 5.74) is 12.9. The van der Waals surface area contributed by atoms with Gasteiger partial charge in [0.25, 0.3) is 0 Å². The molecule has 0 radical (unpaired) electrons. The summed E-state index contributed by atoms with van der Waals surface area (Å²) in [5, 5.41) is 17.8. The Morgan fingerprint density at radius 1 is 0.947 bits per heavy atom. The molecule has 0 spiro atoms. The molecular formula is C26H38N6O6. The molecule has 38 heavy (non-hydrogen) atoms. The molecule has 2 aromatic rings. The van der Waals surface area contributed by atoms with Crippen molar-refractivity contribution in [2.45, 2.75) is 71.1 Å². The predicted octanol–water partition coefficient (Wildman–Crippen LogP) is 0.154. The van der Waals surface area contributed by atoms with E-state index in [-0.39, 0.29) is 12.3 Å². The summed E-state index contributed by atoms with van der Waals surface area (Å²) in [6, 6.07) is 2.71. The van der Waals surface area contributed by atoms with Crippen molar-refractivity contribution in [3.8, 4) is 0 Å². The second kappa shape index (κ2) is 13.6. The second-order valence-corrected chi connectivity index (χ2v) is 9.84. The Balaban J connectivity index is 2.33. The molecule has 0 fully saturated rings. The van der Waals surface area contributed by atoms with Gasteiger partial charge in [-0.15, -0.1) is 0 Å². The lowest BCUT2D eigenvalue weighted by molar-refractivity contribution is -0.143. The number of hydrogen-bond acceptors (Lipinski definition) is 6. The van der Waals surface area contributed by atoms with Crippen molar-refractivity contribution in [1.82, 2.24) is 20.9 Å². The van der Waals surface area contributed by atoms with Crippen LogP contribution in [0.15, 0.2) is 30.5 Å². The van der Waals surface area contributed by atoms with Crippen molar-refractivity contribution in [3.05, 3.63) is 36.0 Å². The maximum Gasteiger partial charge on any atom is 0.326 e. The monoisotopic (exact) mass is 530 g/mol. The SMILES string of the molecule is CCC(C)C(N)C(=O)NC(Cc1c[nH]c2ccccc12)C(=O)NC(CC(N)=O)C(=O)NC(C(=O)O)C(C)C. The molecule has 5 atom stereocenters. The molecule has 0 aliphatic carbocycles. The van der Waals surface area contributed by atoms with Crippen LogP contribution in [0.5, 0.6) is 0 Å². The number of amides is 4. The molecule has 9 N–H and O–H groups in total. The van der Waals surface area contributed by atoms with E-state index in [1.807, 2.05) is 38.1 Å². The third-order valence-electron chi connectivity index (χ3n) is 6.56. The number of aliphatic carboxylic acids is 1. The molecule has 0 aliphatic rings. The Bertz CT molecular complexity index is 1160. The molecule has 0 aliphatic heterocycles. The van der Waals surface area contributed by atoms with Gasteiger partial charge in [-0.05, 0) is 23.5 Å². The van der Waals surface area contributed by atoms with Crippen LogP contribution in [0.2, 0.25) is 0 Å². The summed E-state index contributed by atoms with van der Waals surface area (Å²) in [6.07, 6.45) is 1.86. The number of carbonyl (C=O) groups is 5. The van der Waals surface area contributed by atoms with Gasteiger partial charge in [0.05, 0.1) is 12.5 Å². The molecule has 0 saturated heterocycles. The van der Waals surface area contributed by atoms with Crippen LogP contribution in [0.3, 0.4) is 0 Å². The van der Waals surface area contributed by atoms with Gasteiger partial charge < -0.3 is 37.5 Å². The number of carboxylic acids is 1. The minimum atomic E-state index is -1.45. The highest BCUT2D eigenvalue weighted by Crippen LogP contribution is 2.19. The smallest absolute Gasteiger partial charge is 0.326 e. The van der Waals surface area contributed by atoms with Gasteiger partial charge in [-0.3, -0.25) is 19.2 Å². The highest BCUT2D eigenvalue weighted by Gasteiger charge is 2.33. The fourth-order valence-corrected chi connectivity index (χ4v) is 3.96. The van der Waals surface area contributed by atoms with Crippen LogP contribution in [-0.4, -0.2) is 63.9 Å². The standard InChI is InChI=1S/C26H38N6O6/c1-5-14(4)21(28)25(36)31-18(10-15-12-29-17-9-7-6-8-16(15)17)23(34)30-19(11-20(27)33)24(35)32-22(13(2)3)26(37)38/h6-9,12-14,18-19,21-22,29H,5,10-11,28H2,1-4H3,(H2,27,33)(H,30,34)(H,31,36)(H,32,35)(H,37,38). The lowest BCUT2D eigenvalue weighted by Gasteiger charge is -2.26. The zero-order chi connectivity index (χ0) is 28.6. The molecule has 12 nitrogen and oxygen atoms in total. The number of carboxylic acid groups (broad SMARTS) is 1. The van der Waals surface area contributed by atoms with Crippen molar-refractivity contribution in [2.24, 2.45) is 23.3 Å². The molecule has 1 aromatic heterocycles. The molecule has 0 saturated carbocycles.